The molecule has 1 N–H and O–H groups in total. The van der Waals surface area contributed by atoms with Crippen LogP contribution in [-0.4, -0.2) is 32.3 Å². The van der Waals surface area contributed by atoms with Gasteiger partial charge in [0.1, 0.15) is 28.6 Å². The van der Waals surface area contributed by atoms with Crippen LogP contribution in [0.2, 0.25) is 0 Å². The lowest BCUT2D eigenvalue weighted by molar-refractivity contribution is 0.409. The first kappa shape index (κ1) is 17.7. The SMILES string of the molecule is COc1ccc(OC)c2nc(N3CCCC3)c(CNCc3ccco3)cc12. The van der Waals surface area contributed by atoms with E-state index in [2.05, 4.69) is 16.3 Å². The van der Waals surface area contributed by atoms with E-state index >= 15 is 0 Å². The summed E-state index contributed by atoms with van der Waals surface area (Å²) in [5.41, 5.74) is 2.00. The summed E-state index contributed by atoms with van der Waals surface area (Å²) < 4.78 is 16.5. The Morgan fingerprint density at radius 2 is 1.85 bits per heavy atom. The van der Waals surface area contributed by atoms with Gasteiger partial charge in [-0.25, -0.2) is 4.98 Å². The first-order valence-corrected chi connectivity index (χ1v) is 9.33. The molecule has 6 nitrogen and oxygen atoms in total. The molecule has 0 aliphatic carbocycles. The van der Waals surface area contributed by atoms with Gasteiger partial charge < -0.3 is 24.1 Å². The molecule has 142 valence electrons. The number of furan rings is 1. The number of anilines is 1. The summed E-state index contributed by atoms with van der Waals surface area (Å²) in [7, 11) is 3.36. The van der Waals surface area contributed by atoms with E-state index in [0.717, 1.165) is 52.6 Å². The molecule has 0 saturated carbocycles. The van der Waals surface area contributed by atoms with Gasteiger partial charge in [0.25, 0.3) is 0 Å². The Morgan fingerprint density at radius 3 is 2.56 bits per heavy atom. The number of nitrogens with zero attached hydrogens (tertiary/aromatic N) is 2. The van der Waals surface area contributed by atoms with Gasteiger partial charge in [0, 0.05) is 30.6 Å². The Hall–Kier alpha value is -2.73. The van der Waals surface area contributed by atoms with Crippen LogP contribution in [0.4, 0.5) is 5.82 Å². The summed E-state index contributed by atoms with van der Waals surface area (Å²) >= 11 is 0. The minimum Gasteiger partial charge on any atom is -0.496 e. The second kappa shape index (κ2) is 7.88. The molecule has 4 rings (SSSR count). The summed E-state index contributed by atoms with van der Waals surface area (Å²) in [6.07, 6.45) is 4.10. The summed E-state index contributed by atoms with van der Waals surface area (Å²) in [6, 6.07) is 9.89. The van der Waals surface area contributed by atoms with Gasteiger partial charge in [-0.2, -0.15) is 0 Å². The highest BCUT2D eigenvalue weighted by Crippen LogP contribution is 2.36. The van der Waals surface area contributed by atoms with Gasteiger partial charge in [-0.3, -0.25) is 0 Å². The predicted octanol–water partition coefficient (Wildman–Crippen LogP) is 3.74. The van der Waals surface area contributed by atoms with Crippen molar-refractivity contribution in [1.29, 1.82) is 0 Å². The molecule has 0 atom stereocenters. The van der Waals surface area contributed by atoms with Gasteiger partial charge in [-0.15, -0.1) is 0 Å². The van der Waals surface area contributed by atoms with E-state index in [4.69, 9.17) is 18.9 Å². The lowest BCUT2D eigenvalue weighted by Gasteiger charge is -2.22. The van der Waals surface area contributed by atoms with E-state index in [0.29, 0.717) is 13.1 Å². The fourth-order valence-corrected chi connectivity index (χ4v) is 3.65. The van der Waals surface area contributed by atoms with Gasteiger partial charge in [-0.05, 0) is 43.2 Å². The Balaban J connectivity index is 1.72. The predicted molar refractivity (Wildman–Crippen MR) is 106 cm³/mol. The third kappa shape index (κ3) is 3.57. The van der Waals surface area contributed by atoms with Crippen LogP contribution in [0.1, 0.15) is 24.2 Å². The van der Waals surface area contributed by atoms with Crippen molar-refractivity contribution in [2.45, 2.75) is 25.9 Å². The van der Waals surface area contributed by atoms with E-state index < -0.39 is 0 Å². The Labute approximate surface area is 159 Å². The number of benzene rings is 1. The number of pyridine rings is 1. The van der Waals surface area contributed by atoms with Crippen molar-refractivity contribution < 1.29 is 13.9 Å². The second-order valence-electron chi connectivity index (χ2n) is 6.71. The molecule has 2 aromatic heterocycles. The van der Waals surface area contributed by atoms with E-state index in [9.17, 15) is 0 Å². The highest BCUT2D eigenvalue weighted by atomic mass is 16.5. The maximum absolute atomic E-state index is 5.57. The van der Waals surface area contributed by atoms with Gasteiger partial charge in [0.05, 0.1) is 27.0 Å². The molecule has 3 heterocycles. The van der Waals surface area contributed by atoms with Crippen LogP contribution in [0.25, 0.3) is 10.9 Å². The number of nitrogens with one attached hydrogen (secondary N) is 1. The molecular formula is C21H25N3O3. The minimum atomic E-state index is 0.680. The molecule has 1 aromatic carbocycles. The Bertz CT molecular complexity index is 903. The number of ether oxygens (including phenoxy) is 2. The third-order valence-corrected chi connectivity index (χ3v) is 5.00. The molecule has 3 aromatic rings. The Morgan fingerprint density at radius 1 is 1.07 bits per heavy atom. The summed E-state index contributed by atoms with van der Waals surface area (Å²) in [6.45, 7) is 3.46. The molecular weight excluding hydrogens is 342 g/mol. The largest absolute Gasteiger partial charge is 0.496 e. The standard InChI is InChI=1S/C21H25N3O3/c1-25-18-7-8-19(26-2)20-17(18)12-15(13-22-14-16-6-5-11-27-16)21(23-20)24-9-3-4-10-24/h5-8,11-12,22H,3-4,9-10,13-14H2,1-2H3. The quantitative estimate of drug-likeness (QED) is 0.687. The van der Waals surface area contributed by atoms with Gasteiger partial charge in [-0.1, -0.05) is 0 Å². The number of fused-ring (bicyclic) bond motifs is 1. The van der Waals surface area contributed by atoms with Crippen LogP contribution < -0.4 is 19.7 Å². The molecule has 0 amide bonds. The number of hydrogen-bond acceptors (Lipinski definition) is 6. The minimum absolute atomic E-state index is 0.680. The van der Waals surface area contributed by atoms with Crippen molar-refractivity contribution in [1.82, 2.24) is 10.3 Å². The van der Waals surface area contributed by atoms with E-state index in [1.54, 1.807) is 20.5 Å². The number of methoxy groups -OCH3 is 2. The van der Waals surface area contributed by atoms with Crippen LogP contribution in [0.3, 0.4) is 0 Å². The normalized spacial score (nSPS) is 14.1. The topological polar surface area (TPSA) is 59.8 Å². The number of hydrogen-bond donors (Lipinski definition) is 1. The van der Waals surface area contributed by atoms with Gasteiger partial charge in [0.15, 0.2) is 0 Å². The van der Waals surface area contributed by atoms with Crippen LogP contribution in [0, 0.1) is 0 Å². The molecule has 0 unspecified atom stereocenters. The zero-order chi connectivity index (χ0) is 18.6. The molecule has 0 radical (unpaired) electrons. The molecule has 27 heavy (non-hydrogen) atoms. The fraction of sp³-hybridized carbons (Fsp3) is 0.381. The average Bonchev–Trinajstić information content (AvgIpc) is 3.40. The van der Waals surface area contributed by atoms with Crippen LogP contribution in [0.5, 0.6) is 11.5 Å². The molecule has 1 aliphatic rings. The molecule has 0 spiro atoms. The van der Waals surface area contributed by atoms with Gasteiger partial charge in [0.2, 0.25) is 0 Å². The average molecular weight is 367 g/mol. The van der Waals surface area contributed by atoms with E-state index in [1.807, 2.05) is 24.3 Å². The number of aromatic nitrogens is 1. The second-order valence-corrected chi connectivity index (χ2v) is 6.71. The smallest absolute Gasteiger partial charge is 0.145 e. The highest BCUT2D eigenvalue weighted by Gasteiger charge is 2.20. The van der Waals surface area contributed by atoms with Crippen molar-refractivity contribution in [2.24, 2.45) is 0 Å². The van der Waals surface area contributed by atoms with Crippen molar-refractivity contribution >= 4 is 16.7 Å². The first-order chi connectivity index (χ1) is 13.3. The van der Waals surface area contributed by atoms with Crippen LogP contribution >= 0.6 is 0 Å². The maximum Gasteiger partial charge on any atom is 0.145 e. The molecule has 1 saturated heterocycles. The Kier molecular flexibility index (Phi) is 5.16. The van der Waals surface area contributed by atoms with E-state index in [1.165, 1.54) is 12.8 Å². The maximum atomic E-state index is 5.57. The zero-order valence-corrected chi connectivity index (χ0v) is 15.8. The van der Waals surface area contributed by atoms with Crippen LogP contribution in [0.15, 0.2) is 41.0 Å². The zero-order valence-electron chi connectivity index (χ0n) is 15.8. The lowest BCUT2D eigenvalue weighted by atomic mass is 10.1. The first-order valence-electron chi connectivity index (χ1n) is 9.33. The van der Waals surface area contributed by atoms with Crippen molar-refractivity contribution in [3.05, 3.63) is 47.9 Å². The highest BCUT2D eigenvalue weighted by molar-refractivity contribution is 5.92. The van der Waals surface area contributed by atoms with Gasteiger partial charge >= 0.3 is 0 Å². The number of rotatable bonds is 7. The molecule has 1 fully saturated rings. The van der Waals surface area contributed by atoms with Crippen molar-refractivity contribution in [3.63, 3.8) is 0 Å². The summed E-state index contributed by atoms with van der Waals surface area (Å²) in [4.78, 5) is 7.37. The molecule has 6 heteroatoms. The fourth-order valence-electron chi connectivity index (χ4n) is 3.65. The molecule has 1 aliphatic heterocycles. The molecule has 0 bridgehead atoms. The summed E-state index contributed by atoms with van der Waals surface area (Å²) in [5.74, 6) is 3.52. The summed E-state index contributed by atoms with van der Waals surface area (Å²) in [5, 5.41) is 4.43. The van der Waals surface area contributed by atoms with Crippen LogP contribution in [-0.2, 0) is 13.1 Å². The van der Waals surface area contributed by atoms with E-state index in [-0.39, 0.29) is 0 Å². The monoisotopic (exact) mass is 367 g/mol. The van der Waals surface area contributed by atoms with Crippen molar-refractivity contribution in [3.8, 4) is 11.5 Å². The third-order valence-electron chi connectivity index (χ3n) is 5.00. The lowest BCUT2D eigenvalue weighted by Crippen LogP contribution is -2.23. The van der Waals surface area contributed by atoms with Crippen molar-refractivity contribution in [2.75, 3.05) is 32.2 Å².